The minimum atomic E-state index is -0.358. The first-order valence-corrected chi connectivity index (χ1v) is 11.5. The zero-order valence-electron chi connectivity index (χ0n) is 18.1. The molecule has 9 heteroatoms. The molecular formula is C24H22FN5O2S. The molecule has 0 N–H and O–H groups in total. The van der Waals surface area contributed by atoms with Crippen LogP contribution in [0.2, 0.25) is 0 Å². The summed E-state index contributed by atoms with van der Waals surface area (Å²) in [5.74, 6) is -0.454. The van der Waals surface area contributed by atoms with Crippen LogP contribution in [0.3, 0.4) is 0 Å². The maximum absolute atomic E-state index is 13.1. The van der Waals surface area contributed by atoms with Gasteiger partial charge in [-0.3, -0.25) is 14.5 Å². The lowest BCUT2D eigenvalue weighted by molar-refractivity contribution is 0.0627. The van der Waals surface area contributed by atoms with Crippen molar-refractivity contribution in [3.8, 4) is 10.6 Å². The van der Waals surface area contributed by atoms with Gasteiger partial charge in [0.25, 0.3) is 11.5 Å². The lowest BCUT2D eigenvalue weighted by atomic mass is 10.1. The number of aromatic nitrogens is 3. The van der Waals surface area contributed by atoms with Crippen molar-refractivity contribution < 1.29 is 9.18 Å². The van der Waals surface area contributed by atoms with Crippen molar-refractivity contribution in [3.63, 3.8) is 0 Å². The summed E-state index contributed by atoms with van der Waals surface area (Å²) < 4.78 is 14.5. The van der Waals surface area contributed by atoms with Gasteiger partial charge < -0.3 is 4.90 Å². The summed E-state index contributed by atoms with van der Waals surface area (Å²) in [6, 6.07) is 15.2. The summed E-state index contributed by atoms with van der Waals surface area (Å²) in [4.78, 5) is 34.4. The topological polar surface area (TPSA) is 70.8 Å². The normalized spacial score (nSPS) is 14.7. The van der Waals surface area contributed by atoms with E-state index in [1.807, 2.05) is 31.2 Å². The Kier molecular flexibility index (Phi) is 5.74. The minimum absolute atomic E-state index is 0.0965. The van der Waals surface area contributed by atoms with E-state index in [9.17, 15) is 14.0 Å². The highest BCUT2D eigenvalue weighted by Crippen LogP contribution is 2.24. The number of halogens is 1. The highest BCUT2D eigenvalue weighted by Gasteiger charge is 2.23. The van der Waals surface area contributed by atoms with Crippen molar-refractivity contribution in [2.24, 2.45) is 0 Å². The lowest BCUT2D eigenvalue weighted by Gasteiger charge is -2.34. The van der Waals surface area contributed by atoms with Gasteiger partial charge in [-0.25, -0.2) is 9.37 Å². The zero-order chi connectivity index (χ0) is 22.9. The van der Waals surface area contributed by atoms with Gasteiger partial charge >= 0.3 is 0 Å². The average Bonchev–Trinajstić information content (AvgIpc) is 3.25. The molecule has 0 unspecified atom stereocenters. The molecule has 0 aliphatic carbocycles. The Hall–Kier alpha value is -3.43. The molecule has 0 bridgehead atoms. The van der Waals surface area contributed by atoms with Crippen LogP contribution in [-0.4, -0.2) is 56.5 Å². The number of aryl methyl sites for hydroxylation is 1. The molecule has 1 aliphatic heterocycles. The molecule has 33 heavy (non-hydrogen) atoms. The SMILES string of the molecule is Cc1ccc(-c2nn3c(=O)cc(CN4CCN(C(=O)c5ccc(F)cc5)CC4)nc3s2)cc1. The molecule has 1 aliphatic rings. The summed E-state index contributed by atoms with van der Waals surface area (Å²) in [6.07, 6.45) is 0. The smallest absolute Gasteiger partial charge is 0.275 e. The summed E-state index contributed by atoms with van der Waals surface area (Å²) in [5, 5.41) is 5.20. The maximum atomic E-state index is 13.1. The van der Waals surface area contributed by atoms with Gasteiger partial charge in [0.05, 0.1) is 5.69 Å². The lowest BCUT2D eigenvalue weighted by Crippen LogP contribution is -2.48. The van der Waals surface area contributed by atoms with E-state index in [2.05, 4.69) is 15.0 Å². The third kappa shape index (κ3) is 4.55. The van der Waals surface area contributed by atoms with Gasteiger partial charge in [-0.1, -0.05) is 41.2 Å². The molecule has 2 aromatic heterocycles. The van der Waals surface area contributed by atoms with Crippen LogP contribution in [-0.2, 0) is 6.54 Å². The van der Waals surface area contributed by atoms with Crippen LogP contribution in [0.25, 0.3) is 15.5 Å². The number of amides is 1. The Morgan fingerprint density at radius 1 is 1.03 bits per heavy atom. The van der Waals surface area contributed by atoms with Gasteiger partial charge in [0.1, 0.15) is 10.8 Å². The Labute approximate surface area is 193 Å². The number of carbonyl (C=O) groups excluding carboxylic acids is 1. The molecule has 168 valence electrons. The van der Waals surface area contributed by atoms with Crippen molar-refractivity contribution in [2.45, 2.75) is 13.5 Å². The van der Waals surface area contributed by atoms with Gasteiger partial charge in [-0.05, 0) is 31.2 Å². The largest absolute Gasteiger partial charge is 0.336 e. The second-order valence-corrected chi connectivity index (χ2v) is 9.08. The molecule has 1 fully saturated rings. The number of hydrogen-bond acceptors (Lipinski definition) is 6. The number of carbonyl (C=O) groups is 1. The summed E-state index contributed by atoms with van der Waals surface area (Å²) in [7, 11) is 0. The fourth-order valence-corrected chi connectivity index (χ4v) is 4.79. The van der Waals surface area contributed by atoms with Crippen LogP contribution < -0.4 is 5.56 Å². The fraction of sp³-hybridized carbons (Fsp3) is 0.250. The van der Waals surface area contributed by atoms with Gasteiger partial charge in [-0.15, -0.1) is 0 Å². The van der Waals surface area contributed by atoms with Crippen LogP contribution in [0.4, 0.5) is 4.39 Å². The molecule has 3 heterocycles. The third-order valence-electron chi connectivity index (χ3n) is 5.73. The molecule has 0 radical (unpaired) electrons. The molecule has 1 amide bonds. The van der Waals surface area contributed by atoms with Gasteiger partial charge in [0.2, 0.25) is 4.96 Å². The number of hydrogen-bond donors (Lipinski definition) is 0. The first kappa shape index (κ1) is 21.4. The molecule has 5 rings (SSSR count). The van der Waals surface area contributed by atoms with E-state index >= 15 is 0 Å². The zero-order valence-corrected chi connectivity index (χ0v) is 18.9. The molecule has 4 aromatic rings. The maximum Gasteiger partial charge on any atom is 0.275 e. The van der Waals surface area contributed by atoms with Gasteiger partial charge in [0.15, 0.2) is 0 Å². The molecule has 0 atom stereocenters. The summed E-state index contributed by atoms with van der Waals surface area (Å²) in [5.41, 5.74) is 3.10. The van der Waals surface area contributed by atoms with E-state index in [0.717, 1.165) is 16.1 Å². The Balaban J connectivity index is 1.27. The number of nitrogens with zero attached hydrogens (tertiary/aromatic N) is 5. The molecule has 2 aromatic carbocycles. The second-order valence-electron chi connectivity index (χ2n) is 8.13. The van der Waals surface area contributed by atoms with E-state index in [4.69, 9.17) is 0 Å². The van der Waals surface area contributed by atoms with Crippen LogP contribution in [0.5, 0.6) is 0 Å². The first-order valence-electron chi connectivity index (χ1n) is 10.7. The standard InChI is InChI=1S/C24H22FN5O2S/c1-16-2-4-17(5-3-16)22-27-30-21(31)14-20(26-24(30)33-22)15-28-10-12-29(13-11-28)23(32)18-6-8-19(25)9-7-18/h2-9,14H,10-13,15H2,1H3. The highest BCUT2D eigenvalue weighted by molar-refractivity contribution is 7.19. The molecular weight excluding hydrogens is 441 g/mol. The van der Waals surface area contributed by atoms with Gasteiger partial charge in [-0.2, -0.15) is 9.61 Å². The quantitative estimate of drug-likeness (QED) is 0.465. The number of rotatable bonds is 4. The molecule has 7 nitrogen and oxygen atoms in total. The Bertz CT molecular complexity index is 1360. The highest BCUT2D eigenvalue weighted by atomic mass is 32.1. The monoisotopic (exact) mass is 463 g/mol. The van der Waals surface area contributed by atoms with Crippen LogP contribution >= 0.6 is 11.3 Å². The Morgan fingerprint density at radius 3 is 2.42 bits per heavy atom. The van der Waals surface area contributed by atoms with Crippen molar-refractivity contribution in [1.82, 2.24) is 24.4 Å². The van der Waals surface area contributed by atoms with Crippen molar-refractivity contribution in [2.75, 3.05) is 26.2 Å². The van der Waals surface area contributed by atoms with Crippen LogP contribution in [0, 0.1) is 12.7 Å². The van der Waals surface area contributed by atoms with Crippen molar-refractivity contribution in [3.05, 3.63) is 87.6 Å². The first-order chi connectivity index (χ1) is 16.0. The number of piperazine rings is 1. The average molecular weight is 464 g/mol. The summed E-state index contributed by atoms with van der Waals surface area (Å²) >= 11 is 1.39. The van der Waals surface area contributed by atoms with E-state index in [1.54, 1.807) is 4.90 Å². The predicted octanol–water partition coefficient (Wildman–Crippen LogP) is 3.22. The molecule has 0 spiro atoms. The Morgan fingerprint density at radius 2 is 1.73 bits per heavy atom. The number of benzene rings is 2. The third-order valence-corrected chi connectivity index (χ3v) is 6.69. The predicted molar refractivity (Wildman–Crippen MR) is 125 cm³/mol. The number of fused-ring (bicyclic) bond motifs is 1. The van der Waals surface area contributed by atoms with E-state index in [-0.39, 0.29) is 17.3 Å². The van der Waals surface area contributed by atoms with Crippen molar-refractivity contribution in [1.29, 1.82) is 0 Å². The fourth-order valence-electron chi connectivity index (χ4n) is 3.86. The van der Waals surface area contributed by atoms with E-state index < -0.39 is 0 Å². The second kappa shape index (κ2) is 8.84. The summed E-state index contributed by atoms with van der Waals surface area (Å²) in [6.45, 7) is 5.03. The minimum Gasteiger partial charge on any atom is -0.336 e. The molecule has 1 saturated heterocycles. The molecule has 0 saturated carbocycles. The van der Waals surface area contributed by atoms with Crippen LogP contribution in [0.15, 0.2) is 59.4 Å². The van der Waals surface area contributed by atoms with E-state index in [0.29, 0.717) is 48.9 Å². The van der Waals surface area contributed by atoms with Crippen molar-refractivity contribution >= 4 is 22.2 Å². The van der Waals surface area contributed by atoms with Crippen LogP contribution in [0.1, 0.15) is 21.6 Å². The van der Waals surface area contributed by atoms with Gasteiger partial charge in [0, 0.05) is 49.9 Å². The van der Waals surface area contributed by atoms with E-state index in [1.165, 1.54) is 46.2 Å².